The molecule has 0 radical (unpaired) electrons. The summed E-state index contributed by atoms with van der Waals surface area (Å²) in [6.07, 6.45) is 5.10. The molecule has 0 saturated carbocycles. The van der Waals surface area contributed by atoms with E-state index < -0.39 is 11.6 Å². The average molecular weight is 504 g/mol. The van der Waals surface area contributed by atoms with E-state index in [4.69, 9.17) is 5.73 Å². The normalized spacial score (nSPS) is 12.5. The smallest absolute Gasteiger partial charge is 0.246 e. The Kier molecular flexibility index (Phi) is 9.62. The lowest BCUT2D eigenvalue weighted by molar-refractivity contribution is -0.141. The molecule has 0 saturated heterocycles. The Hall–Kier alpha value is -3.22. The molecule has 6 heteroatoms. The van der Waals surface area contributed by atoms with Gasteiger partial charge in [0.25, 0.3) is 0 Å². The molecule has 0 spiro atoms. The molecule has 0 aliphatic carbocycles. The predicted molar refractivity (Wildman–Crippen MR) is 150 cm³/mol. The van der Waals surface area contributed by atoms with Crippen LogP contribution in [-0.4, -0.2) is 53.8 Å². The summed E-state index contributed by atoms with van der Waals surface area (Å²) in [6, 6.07) is 21.7. The van der Waals surface area contributed by atoms with Gasteiger partial charge in [0.05, 0.1) is 0 Å². The van der Waals surface area contributed by atoms with Gasteiger partial charge in [0.15, 0.2) is 0 Å². The highest BCUT2D eigenvalue weighted by Crippen LogP contribution is 2.26. The quantitative estimate of drug-likeness (QED) is 0.367. The lowest BCUT2D eigenvalue weighted by Crippen LogP contribution is -2.49. The van der Waals surface area contributed by atoms with Gasteiger partial charge in [-0.15, -0.1) is 11.3 Å². The average Bonchev–Trinajstić information content (AvgIpc) is 3.38. The monoisotopic (exact) mass is 503 g/mol. The van der Waals surface area contributed by atoms with Crippen LogP contribution in [0.5, 0.6) is 0 Å². The Morgan fingerprint density at radius 3 is 2.36 bits per heavy atom. The molecule has 3 rings (SSSR count). The molecule has 0 bridgehead atoms. The van der Waals surface area contributed by atoms with E-state index in [0.29, 0.717) is 19.4 Å². The third-order valence-electron chi connectivity index (χ3n) is 6.17. The maximum atomic E-state index is 13.7. The van der Waals surface area contributed by atoms with Crippen molar-refractivity contribution in [3.05, 3.63) is 94.7 Å². The Morgan fingerprint density at radius 1 is 1.00 bits per heavy atom. The van der Waals surface area contributed by atoms with Crippen LogP contribution in [0.2, 0.25) is 0 Å². The number of hydrogen-bond acceptors (Lipinski definition) is 4. The minimum Gasteiger partial charge on any atom is -0.344 e. The summed E-state index contributed by atoms with van der Waals surface area (Å²) in [7, 11) is 3.53. The van der Waals surface area contributed by atoms with E-state index in [0.717, 1.165) is 23.1 Å². The number of amides is 2. The first-order valence-electron chi connectivity index (χ1n) is 12.3. The first-order chi connectivity index (χ1) is 17.2. The van der Waals surface area contributed by atoms with Crippen LogP contribution in [0.4, 0.5) is 0 Å². The molecule has 0 aliphatic heterocycles. The zero-order valence-electron chi connectivity index (χ0n) is 21.7. The van der Waals surface area contributed by atoms with Crippen molar-refractivity contribution in [3.8, 4) is 11.1 Å². The van der Waals surface area contributed by atoms with E-state index in [-0.39, 0.29) is 11.8 Å². The van der Waals surface area contributed by atoms with Gasteiger partial charge in [-0.3, -0.25) is 9.59 Å². The zero-order valence-corrected chi connectivity index (χ0v) is 22.5. The van der Waals surface area contributed by atoms with Crippen LogP contribution < -0.4 is 5.73 Å². The highest BCUT2D eigenvalue weighted by Gasteiger charge is 2.29. The molecule has 1 aromatic heterocycles. The molecule has 1 atom stereocenters. The number of carbonyl (C=O) groups is 2. The standard InChI is InChI=1S/C30H37N3O2S/c1-30(2,31)19-10-17-28(34)33(4)27(29(35)32(3)20-18-25-15-11-21-36-25)22-24-14-8-9-16-26(24)23-12-6-5-7-13-23/h5-17,21,27H,18-20,22,31H2,1-4H3/b17-10+/t27-/m1/s1. The van der Waals surface area contributed by atoms with Gasteiger partial charge in [0, 0.05) is 37.5 Å². The van der Waals surface area contributed by atoms with Crippen LogP contribution in [0.15, 0.2) is 84.3 Å². The van der Waals surface area contributed by atoms with E-state index in [2.05, 4.69) is 24.3 Å². The molecule has 1 heterocycles. The van der Waals surface area contributed by atoms with Crippen molar-refractivity contribution in [3.63, 3.8) is 0 Å². The number of rotatable bonds is 11. The fraction of sp³-hybridized carbons (Fsp3) is 0.333. The molecular weight excluding hydrogens is 466 g/mol. The third kappa shape index (κ3) is 7.90. The molecule has 2 aromatic carbocycles. The van der Waals surface area contributed by atoms with Crippen molar-refractivity contribution in [2.75, 3.05) is 20.6 Å². The van der Waals surface area contributed by atoms with E-state index in [1.807, 2.05) is 68.7 Å². The van der Waals surface area contributed by atoms with E-state index in [1.165, 1.54) is 11.0 Å². The largest absolute Gasteiger partial charge is 0.344 e. The van der Waals surface area contributed by atoms with Crippen molar-refractivity contribution in [2.24, 2.45) is 5.73 Å². The van der Waals surface area contributed by atoms with Crippen LogP contribution in [-0.2, 0) is 22.4 Å². The van der Waals surface area contributed by atoms with Gasteiger partial charge < -0.3 is 15.5 Å². The lowest BCUT2D eigenvalue weighted by atomic mass is 9.94. The fourth-order valence-electron chi connectivity index (χ4n) is 4.03. The number of nitrogens with two attached hydrogens (primary N) is 1. The Bertz CT molecular complexity index is 1150. The topological polar surface area (TPSA) is 66.6 Å². The lowest BCUT2D eigenvalue weighted by Gasteiger charge is -2.31. The van der Waals surface area contributed by atoms with Crippen molar-refractivity contribution < 1.29 is 9.59 Å². The van der Waals surface area contributed by atoms with E-state index in [9.17, 15) is 9.59 Å². The molecule has 2 N–H and O–H groups in total. The summed E-state index contributed by atoms with van der Waals surface area (Å²) < 4.78 is 0. The molecule has 3 aromatic rings. The second kappa shape index (κ2) is 12.7. The van der Waals surface area contributed by atoms with Gasteiger partial charge in [0.2, 0.25) is 11.8 Å². The fourth-order valence-corrected chi connectivity index (χ4v) is 4.73. The summed E-state index contributed by atoms with van der Waals surface area (Å²) >= 11 is 1.69. The molecular formula is C30H37N3O2S. The molecule has 190 valence electrons. The van der Waals surface area contributed by atoms with Crippen LogP contribution in [0.3, 0.4) is 0 Å². The second-order valence-corrected chi connectivity index (χ2v) is 10.9. The Labute approximate surface area is 219 Å². The minimum atomic E-state index is -0.633. The first kappa shape index (κ1) is 27.4. The Balaban J connectivity index is 1.86. The zero-order chi connectivity index (χ0) is 26.1. The first-order valence-corrected chi connectivity index (χ1v) is 13.2. The summed E-state index contributed by atoms with van der Waals surface area (Å²) in [5.41, 5.74) is 8.84. The second-order valence-electron chi connectivity index (χ2n) is 9.88. The van der Waals surface area contributed by atoms with Crippen LogP contribution >= 0.6 is 11.3 Å². The van der Waals surface area contributed by atoms with E-state index in [1.54, 1.807) is 34.3 Å². The molecule has 2 amide bonds. The molecule has 0 fully saturated rings. The molecule has 0 aliphatic rings. The van der Waals surface area contributed by atoms with Crippen molar-refractivity contribution in [1.29, 1.82) is 0 Å². The van der Waals surface area contributed by atoms with Crippen molar-refractivity contribution in [1.82, 2.24) is 9.80 Å². The number of hydrogen-bond donors (Lipinski definition) is 1. The predicted octanol–water partition coefficient (Wildman–Crippen LogP) is 5.17. The van der Waals surface area contributed by atoms with Crippen molar-refractivity contribution >= 4 is 23.2 Å². The van der Waals surface area contributed by atoms with Crippen LogP contribution in [0.1, 0.15) is 30.7 Å². The summed E-state index contributed by atoms with van der Waals surface area (Å²) in [6.45, 7) is 4.43. The van der Waals surface area contributed by atoms with Gasteiger partial charge in [-0.1, -0.05) is 66.7 Å². The van der Waals surface area contributed by atoms with Gasteiger partial charge >= 0.3 is 0 Å². The Morgan fingerprint density at radius 2 is 1.69 bits per heavy atom. The van der Waals surface area contributed by atoms with Crippen molar-refractivity contribution in [2.45, 2.75) is 44.7 Å². The van der Waals surface area contributed by atoms with Gasteiger partial charge in [-0.2, -0.15) is 0 Å². The maximum Gasteiger partial charge on any atom is 0.246 e. The number of benzene rings is 2. The molecule has 36 heavy (non-hydrogen) atoms. The number of likely N-dealkylation sites (N-methyl/N-ethyl adjacent to an activating group) is 2. The van der Waals surface area contributed by atoms with Gasteiger partial charge in [-0.25, -0.2) is 0 Å². The molecule has 0 unspecified atom stereocenters. The number of thiophene rings is 1. The SMILES string of the molecule is CN(CCc1cccs1)C(=O)[C@@H](Cc1ccccc1-c1ccccc1)N(C)C(=O)/C=C/CC(C)(C)N. The van der Waals surface area contributed by atoms with Crippen LogP contribution in [0, 0.1) is 0 Å². The van der Waals surface area contributed by atoms with Gasteiger partial charge in [0.1, 0.15) is 6.04 Å². The minimum absolute atomic E-state index is 0.0715. The summed E-state index contributed by atoms with van der Waals surface area (Å²) in [5, 5.41) is 2.04. The van der Waals surface area contributed by atoms with Gasteiger partial charge in [-0.05, 0) is 60.9 Å². The summed E-state index contributed by atoms with van der Waals surface area (Å²) in [4.78, 5) is 31.4. The summed E-state index contributed by atoms with van der Waals surface area (Å²) in [5.74, 6) is -0.278. The maximum absolute atomic E-state index is 13.7. The van der Waals surface area contributed by atoms with Crippen LogP contribution in [0.25, 0.3) is 11.1 Å². The number of carbonyl (C=O) groups excluding carboxylic acids is 2. The highest BCUT2D eigenvalue weighted by atomic mass is 32.1. The number of nitrogens with zero attached hydrogens (tertiary/aromatic N) is 2. The molecule has 5 nitrogen and oxygen atoms in total. The third-order valence-corrected chi connectivity index (χ3v) is 7.11. The van der Waals surface area contributed by atoms with E-state index >= 15 is 0 Å². The highest BCUT2D eigenvalue weighted by molar-refractivity contribution is 7.09.